The number of likely N-dealkylation sites (tertiary alicyclic amines) is 1. The van der Waals surface area contributed by atoms with Gasteiger partial charge in [0.05, 0.1) is 18.1 Å². The zero-order chi connectivity index (χ0) is 19.3. The number of carboxylic acid groups (broad SMARTS) is 1. The smallest absolute Gasteiger partial charge is 0.353 e. The van der Waals surface area contributed by atoms with Crippen LogP contribution in [0.1, 0.15) is 26.7 Å². The van der Waals surface area contributed by atoms with Crippen LogP contribution in [0.4, 0.5) is 0 Å². The number of hydrogen-bond acceptors (Lipinski definition) is 6. The lowest BCUT2D eigenvalue weighted by molar-refractivity contribution is -0.163. The summed E-state index contributed by atoms with van der Waals surface area (Å²) in [5.74, 6) is -1.03. The Labute approximate surface area is 164 Å². The lowest BCUT2D eigenvalue weighted by Crippen LogP contribution is -2.63. The van der Waals surface area contributed by atoms with E-state index >= 15 is 0 Å². The molecule has 3 fully saturated rings. The fourth-order valence-electron chi connectivity index (χ4n) is 5.03. The van der Waals surface area contributed by atoms with E-state index in [-0.39, 0.29) is 23.6 Å². The first kappa shape index (κ1) is 19.2. The summed E-state index contributed by atoms with van der Waals surface area (Å²) < 4.78 is 0. The predicted molar refractivity (Wildman–Crippen MR) is 103 cm³/mol. The number of β-lactam (4-membered cyclic amide) rings is 1. The van der Waals surface area contributed by atoms with Gasteiger partial charge >= 0.3 is 5.97 Å². The number of thioether (sulfide) groups is 1. The van der Waals surface area contributed by atoms with E-state index in [0.717, 1.165) is 43.5 Å². The van der Waals surface area contributed by atoms with E-state index in [1.54, 1.807) is 18.7 Å². The maximum absolute atomic E-state index is 12.4. The topological polar surface area (TPSA) is 93.1 Å². The van der Waals surface area contributed by atoms with Gasteiger partial charge in [0.2, 0.25) is 5.91 Å². The number of carbonyl (C=O) groups excluding carboxylic acids is 1. The Morgan fingerprint density at radius 2 is 2.00 bits per heavy atom. The number of piperidine rings is 1. The monoisotopic (exact) mass is 395 g/mol. The molecule has 4 atom stereocenters. The van der Waals surface area contributed by atoms with Crippen molar-refractivity contribution in [3.05, 3.63) is 10.6 Å². The highest BCUT2D eigenvalue weighted by atomic mass is 32.2. The largest absolute Gasteiger partial charge is 0.477 e. The molecule has 0 aromatic carbocycles. The van der Waals surface area contributed by atoms with Gasteiger partial charge in [-0.1, -0.05) is 6.92 Å². The van der Waals surface area contributed by atoms with Gasteiger partial charge in [-0.15, -0.1) is 11.8 Å². The minimum atomic E-state index is -1.03. The summed E-state index contributed by atoms with van der Waals surface area (Å²) in [6, 6.07) is -0.211. The molecule has 1 amide bonds. The number of carbonyl (C=O) groups is 2. The number of aliphatic hydroxyl groups is 1. The van der Waals surface area contributed by atoms with Crippen molar-refractivity contribution in [2.75, 3.05) is 32.7 Å². The SMILES string of the molecule is C[C@@H](O)[C@H]1C(=O)N2C(C(=O)O)=C(SC3CN(CC4CCNCC4)C3)[C@H](C)[C@H]12. The Kier molecular flexibility index (Phi) is 5.26. The highest BCUT2D eigenvalue weighted by molar-refractivity contribution is 8.03. The van der Waals surface area contributed by atoms with E-state index in [1.165, 1.54) is 17.7 Å². The van der Waals surface area contributed by atoms with E-state index in [0.29, 0.717) is 5.25 Å². The van der Waals surface area contributed by atoms with Crippen molar-refractivity contribution in [2.24, 2.45) is 17.8 Å². The number of carboxylic acids is 1. The molecular formula is C19H29N3O4S. The summed E-state index contributed by atoms with van der Waals surface area (Å²) in [6.45, 7) is 8.92. The van der Waals surface area contributed by atoms with Gasteiger partial charge in [-0.05, 0) is 38.8 Å². The molecule has 0 bridgehead atoms. The normalized spacial score (nSPS) is 33.7. The summed E-state index contributed by atoms with van der Waals surface area (Å²) in [4.78, 5) is 28.9. The number of amides is 1. The van der Waals surface area contributed by atoms with Crippen molar-refractivity contribution in [2.45, 2.75) is 44.1 Å². The summed E-state index contributed by atoms with van der Waals surface area (Å²) in [5.41, 5.74) is 0.149. The third-order valence-corrected chi connectivity index (χ3v) is 7.95. The molecular weight excluding hydrogens is 366 g/mol. The van der Waals surface area contributed by atoms with Gasteiger partial charge in [-0.3, -0.25) is 4.79 Å². The minimum absolute atomic E-state index is 0.0307. The average Bonchev–Trinajstić information content (AvgIpc) is 2.83. The van der Waals surface area contributed by atoms with E-state index in [2.05, 4.69) is 10.2 Å². The Bertz CT molecular complexity index is 655. The van der Waals surface area contributed by atoms with E-state index in [1.807, 2.05) is 6.92 Å². The molecule has 3 N–H and O–H groups in total. The molecule has 4 rings (SSSR count). The third-order valence-electron chi connectivity index (χ3n) is 6.50. The fraction of sp³-hybridized carbons (Fsp3) is 0.789. The van der Waals surface area contributed by atoms with Crippen molar-refractivity contribution in [3.63, 3.8) is 0 Å². The van der Waals surface area contributed by atoms with Gasteiger partial charge in [0, 0.05) is 35.7 Å². The van der Waals surface area contributed by atoms with Crippen LogP contribution >= 0.6 is 11.8 Å². The maximum atomic E-state index is 12.4. The summed E-state index contributed by atoms with van der Waals surface area (Å²) in [5, 5.41) is 23.4. The van der Waals surface area contributed by atoms with Crippen LogP contribution in [0.25, 0.3) is 0 Å². The number of hydrogen-bond donors (Lipinski definition) is 3. The van der Waals surface area contributed by atoms with Crippen molar-refractivity contribution >= 4 is 23.6 Å². The fourth-order valence-corrected chi connectivity index (χ4v) is 6.61. The molecule has 4 aliphatic rings. The van der Waals surface area contributed by atoms with Crippen LogP contribution < -0.4 is 5.32 Å². The Hall–Kier alpha value is -1.09. The molecule has 0 unspecified atom stereocenters. The number of rotatable bonds is 6. The molecule has 8 heteroatoms. The van der Waals surface area contributed by atoms with Crippen molar-refractivity contribution in [1.82, 2.24) is 15.1 Å². The first-order chi connectivity index (χ1) is 12.9. The zero-order valence-electron chi connectivity index (χ0n) is 15.9. The summed E-state index contributed by atoms with van der Waals surface area (Å²) >= 11 is 1.64. The average molecular weight is 396 g/mol. The van der Waals surface area contributed by atoms with Gasteiger partial charge in [0.1, 0.15) is 5.70 Å². The van der Waals surface area contributed by atoms with Crippen molar-refractivity contribution in [1.29, 1.82) is 0 Å². The van der Waals surface area contributed by atoms with E-state index in [9.17, 15) is 19.8 Å². The van der Waals surface area contributed by atoms with Crippen LogP contribution in [0.2, 0.25) is 0 Å². The molecule has 4 heterocycles. The second-order valence-electron chi connectivity index (χ2n) is 8.42. The van der Waals surface area contributed by atoms with Gasteiger partial charge < -0.3 is 25.3 Å². The molecule has 0 aromatic rings. The standard InChI is InChI=1S/C19H29N3O4S/c1-10-15-14(11(2)23)18(24)22(15)16(19(25)26)17(10)27-13-8-21(9-13)7-12-3-5-20-6-4-12/h10-15,20,23H,3-9H2,1-2H3,(H,25,26)/t10-,11-,14-,15-/m1/s1. The second-order valence-corrected chi connectivity index (χ2v) is 9.77. The highest BCUT2D eigenvalue weighted by Gasteiger charge is 2.60. The number of nitrogens with zero attached hydrogens (tertiary/aromatic N) is 2. The molecule has 0 saturated carbocycles. The number of aliphatic carboxylic acids is 1. The Morgan fingerprint density at radius 1 is 1.33 bits per heavy atom. The lowest BCUT2D eigenvalue weighted by Gasteiger charge is -2.46. The first-order valence-electron chi connectivity index (χ1n) is 9.96. The van der Waals surface area contributed by atoms with E-state index in [4.69, 9.17) is 0 Å². The number of nitrogens with one attached hydrogen (secondary N) is 1. The summed E-state index contributed by atoms with van der Waals surface area (Å²) in [6.07, 6.45) is 1.72. The molecule has 0 aliphatic carbocycles. The van der Waals surface area contributed by atoms with Crippen LogP contribution in [-0.4, -0.2) is 82.0 Å². The molecule has 3 saturated heterocycles. The molecule has 0 aromatic heterocycles. The van der Waals surface area contributed by atoms with Gasteiger partial charge in [0.15, 0.2) is 0 Å². The molecule has 4 aliphatic heterocycles. The van der Waals surface area contributed by atoms with E-state index < -0.39 is 18.0 Å². The number of aliphatic hydroxyl groups excluding tert-OH is 1. The highest BCUT2D eigenvalue weighted by Crippen LogP contribution is 2.51. The zero-order valence-corrected chi connectivity index (χ0v) is 16.7. The van der Waals surface area contributed by atoms with Crippen molar-refractivity contribution in [3.8, 4) is 0 Å². The van der Waals surface area contributed by atoms with Crippen LogP contribution in [-0.2, 0) is 9.59 Å². The first-order valence-corrected chi connectivity index (χ1v) is 10.8. The lowest BCUT2D eigenvalue weighted by atomic mass is 9.79. The van der Waals surface area contributed by atoms with Crippen LogP contribution in [0.3, 0.4) is 0 Å². The van der Waals surface area contributed by atoms with Gasteiger partial charge in [0.25, 0.3) is 0 Å². The predicted octanol–water partition coefficient (Wildman–Crippen LogP) is 0.557. The molecule has 150 valence electrons. The van der Waals surface area contributed by atoms with Crippen molar-refractivity contribution < 1.29 is 19.8 Å². The van der Waals surface area contributed by atoms with Crippen LogP contribution in [0.15, 0.2) is 10.6 Å². The van der Waals surface area contributed by atoms with Crippen LogP contribution in [0, 0.1) is 17.8 Å². The molecule has 0 radical (unpaired) electrons. The van der Waals surface area contributed by atoms with Gasteiger partial charge in [-0.25, -0.2) is 4.79 Å². The maximum Gasteiger partial charge on any atom is 0.353 e. The third kappa shape index (κ3) is 3.30. The molecule has 27 heavy (non-hydrogen) atoms. The molecule has 0 spiro atoms. The second kappa shape index (κ2) is 7.39. The van der Waals surface area contributed by atoms with Crippen LogP contribution in [0.5, 0.6) is 0 Å². The number of fused-ring (bicyclic) bond motifs is 1. The Morgan fingerprint density at radius 3 is 2.59 bits per heavy atom. The Balaban J connectivity index is 1.38. The minimum Gasteiger partial charge on any atom is -0.477 e. The summed E-state index contributed by atoms with van der Waals surface area (Å²) in [7, 11) is 0. The quantitative estimate of drug-likeness (QED) is 0.566. The van der Waals surface area contributed by atoms with Gasteiger partial charge in [-0.2, -0.15) is 0 Å². The molecule has 7 nitrogen and oxygen atoms in total.